The van der Waals surface area contributed by atoms with E-state index < -0.39 is 21.7 Å². The van der Waals surface area contributed by atoms with Crippen LogP contribution < -0.4 is 15.4 Å². The Morgan fingerprint density at radius 1 is 1.29 bits per heavy atom. The van der Waals surface area contributed by atoms with Crippen LogP contribution in [-0.4, -0.2) is 75.5 Å². The molecule has 0 aromatic heterocycles. The summed E-state index contributed by atoms with van der Waals surface area (Å²) in [4.78, 5) is 18.6. The van der Waals surface area contributed by atoms with Crippen LogP contribution in [0.2, 0.25) is 0 Å². The molecule has 0 bridgehead atoms. The van der Waals surface area contributed by atoms with Gasteiger partial charge in [-0.1, -0.05) is 0 Å². The minimum atomic E-state index is -3.15. The highest BCUT2D eigenvalue weighted by molar-refractivity contribution is 14.0. The van der Waals surface area contributed by atoms with E-state index in [9.17, 15) is 13.2 Å². The van der Waals surface area contributed by atoms with Gasteiger partial charge in [0.05, 0.1) is 11.8 Å². The lowest BCUT2D eigenvalue weighted by Gasteiger charge is -2.23. The summed E-state index contributed by atoms with van der Waals surface area (Å²) >= 11 is 0. The van der Waals surface area contributed by atoms with Crippen molar-refractivity contribution in [3.8, 4) is 0 Å². The molecule has 0 spiro atoms. The fourth-order valence-electron chi connectivity index (χ4n) is 2.56. The first-order valence-electron chi connectivity index (χ1n) is 9.56. The molecule has 166 valence electrons. The first-order chi connectivity index (χ1) is 12.6. The minimum Gasteiger partial charge on any atom is -0.444 e. The van der Waals surface area contributed by atoms with Crippen molar-refractivity contribution in [3.05, 3.63) is 0 Å². The molecule has 9 nitrogen and oxygen atoms in total. The number of halogens is 1. The third kappa shape index (κ3) is 11.2. The third-order valence-electron chi connectivity index (χ3n) is 3.84. The fraction of sp³-hybridized carbons (Fsp3) is 0.882. The van der Waals surface area contributed by atoms with Crippen LogP contribution in [-0.2, 0) is 14.8 Å². The molecule has 11 heteroatoms. The van der Waals surface area contributed by atoms with Gasteiger partial charge in [-0.2, -0.15) is 0 Å². The zero-order valence-electron chi connectivity index (χ0n) is 17.6. The standard InChI is InChI=1S/C17H35N5O4S.HI/c1-6-18-15(19-10-8-11-20-27(24,25)7-2)22-12-9-14(13-22)21-16(23)26-17(3,4)5;/h14,20H,6-13H2,1-5H3,(H,18,19)(H,21,23);1H. The molecule has 1 aliphatic rings. The SMILES string of the molecule is CCNC(=NCCCNS(=O)(=O)CC)N1CCC(NC(=O)OC(C)(C)C)C1.I. The van der Waals surface area contributed by atoms with Gasteiger partial charge in [0, 0.05) is 32.7 Å². The molecule has 1 unspecified atom stereocenters. The average molecular weight is 533 g/mol. The number of carbonyl (C=O) groups is 1. The Balaban J connectivity index is 0.00000729. The molecule has 0 aromatic rings. The molecule has 28 heavy (non-hydrogen) atoms. The molecule has 1 saturated heterocycles. The van der Waals surface area contributed by atoms with Crippen molar-refractivity contribution in [2.24, 2.45) is 4.99 Å². The van der Waals surface area contributed by atoms with Gasteiger partial charge in [-0.25, -0.2) is 17.9 Å². The van der Waals surface area contributed by atoms with Crippen molar-refractivity contribution in [1.29, 1.82) is 0 Å². The molecule has 0 saturated carbocycles. The number of sulfonamides is 1. The number of aliphatic imine (C=N–C) groups is 1. The highest BCUT2D eigenvalue weighted by Crippen LogP contribution is 2.12. The van der Waals surface area contributed by atoms with E-state index in [1.807, 2.05) is 27.7 Å². The van der Waals surface area contributed by atoms with Gasteiger partial charge in [0.2, 0.25) is 10.0 Å². The van der Waals surface area contributed by atoms with Gasteiger partial charge < -0.3 is 20.3 Å². The maximum atomic E-state index is 11.9. The number of rotatable bonds is 8. The lowest BCUT2D eigenvalue weighted by atomic mass is 10.2. The Labute approximate surface area is 186 Å². The zero-order chi connectivity index (χ0) is 20.5. The van der Waals surface area contributed by atoms with E-state index in [1.54, 1.807) is 6.92 Å². The molecule has 1 aliphatic heterocycles. The normalized spacial score (nSPS) is 17.8. The van der Waals surface area contributed by atoms with Crippen molar-refractivity contribution in [3.63, 3.8) is 0 Å². The zero-order valence-corrected chi connectivity index (χ0v) is 20.7. The summed E-state index contributed by atoms with van der Waals surface area (Å²) in [5.41, 5.74) is -0.516. The predicted octanol–water partition coefficient (Wildman–Crippen LogP) is 1.50. The lowest BCUT2D eigenvalue weighted by molar-refractivity contribution is 0.0507. The number of amides is 1. The maximum Gasteiger partial charge on any atom is 0.407 e. The fourth-order valence-corrected chi connectivity index (χ4v) is 3.22. The highest BCUT2D eigenvalue weighted by Gasteiger charge is 2.27. The second-order valence-corrected chi connectivity index (χ2v) is 9.56. The van der Waals surface area contributed by atoms with Crippen LogP contribution in [0.4, 0.5) is 4.79 Å². The quantitative estimate of drug-likeness (QED) is 0.189. The van der Waals surface area contributed by atoms with Crippen molar-refractivity contribution in [2.75, 3.05) is 38.5 Å². The van der Waals surface area contributed by atoms with Crippen molar-refractivity contribution >= 4 is 46.1 Å². The summed E-state index contributed by atoms with van der Waals surface area (Å²) in [6.07, 6.45) is 1.04. The highest BCUT2D eigenvalue weighted by atomic mass is 127. The monoisotopic (exact) mass is 533 g/mol. The molecule has 0 aromatic carbocycles. The maximum absolute atomic E-state index is 11.9. The summed E-state index contributed by atoms with van der Waals surface area (Å²) in [6.45, 7) is 12.2. The molecule has 0 radical (unpaired) electrons. The van der Waals surface area contributed by atoms with Gasteiger partial charge in [0.1, 0.15) is 5.60 Å². The number of hydrogen-bond acceptors (Lipinski definition) is 5. The van der Waals surface area contributed by atoms with Crippen LogP contribution in [0.5, 0.6) is 0 Å². The molecule has 1 rings (SSSR count). The van der Waals surface area contributed by atoms with Crippen molar-refractivity contribution in [2.45, 2.75) is 59.1 Å². The lowest BCUT2D eigenvalue weighted by Crippen LogP contribution is -2.44. The van der Waals surface area contributed by atoms with Crippen molar-refractivity contribution in [1.82, 2.24) is 20.3 Å². The number of nitrogens with one attached hydrogen (secondary N) is 3. The van der Waals surface area contributed by atoms with Gasteiger partial charge in [-0.15, -0.1) is 24.0 Å². The summed E-state index contributed by atoms with van der Waals surface area (Å²) in [6, 6.07) is 0.0140. The number of carbonyl (C=O) groups excluding carboxylic acids is 1. The van der Waals surface area contributed by atoms with Crippen LogP contribution in [0, 0.1) is 0 Å². The summed E-state index contributed by atoms with van der Waals surface area (Å²) in [5, 5.41) is 6.15. The van der Waals surface area contributed by atoms with E-state index in [2.05, 4.69) is 25.2 Å². The molecule has 1 amide bonds. The largest absolute Gasteiger partial charge is 0.444 e. The first-order valence-corrected chi connectivity index (χ1v) is 11.2. The van der Waals surface area contributed by atoms with E-state index in [-0.39, 0.29) is 35.8 Å². The third-order valence-corrected chi connectivity index (χ3v) is 5.25. The predicted molar refractivity (Wildman–Crippen MR) is 123 cm³/mol. The molecule has 1 fully saturated rings. The van der Waals surface area contributed by atoms with Crippen molar-refractivity contribution < 1.29 is 17.9 Å². The smallest absolute Gasteiger partial charge is 0.407 e. The Morgan fingerprint density at radius 3 is 2.54 bits per heavy atom. The Hall–Kier alpha value is -0.820. The summed E-state index contributed by atoms with van der Waals surface area (Å²) in [5.74, 6) is 0.864. The van der Waals surface area contributed by atoms with E-state index in [4.69, 9.17) is 4.74 Å². The number of hydrogen-bond donors (Lipinski definition) is 3. The van der Waals surface area contributed by atoms with Gasteiger partial charge in [0.15, 0.2) is 5.96 Å². The van der Waals surface area contributed by atoms with Gasteiger partial charge in [0.25, 0.3) is 0 Å². The topological polar surface area (TPSA) is 112 Å². The Bertz CT molecular complexity index is 607. The number of ether oxygens (including phenoxy) is 1. The number of alkyl carbamates (subject to hydrolysis) is 1. The van der Waals surface area contributed by atoms with E-state index in [1.165, 1.54) is 0 Å². The number of guanidine groups is 1. The molecule has 1 heterocycles. The first kappa shape index (κ1) is 27.2. The number of likely N-dealkylation sites (tertiary alicyclic amines) is 1. The van der Waals surface area contributed by atoms with Crippen LogP contribution in [0.1, 0.15) is 47.5 Å². The van der Waals surface area contributed by atoms with Gasteiger partial charge >= 0.3 is 6.09 Å². The molecule has 1 atom stereocenters. The van der Waals surface area contributed by atoms with Crippen LogP contribution in [0.25, 0.3) is 0 Å². The summed E-state index contributed by atoms with van der Waals surface area (Å²) in [7, 11) is -3.15. The molecule has 0 aliphatic carbocycles. The van der Waals surface area contributed by atoms with Gasteiger partial charge in [-0.05, 0) is 47.5 Å². The Morgan fingerprint density at radius 2 is 1.96 bits per heavy atom. The second kappa shape index (κ2) is 12.7. The summed E-state index contributed by atoms with van der Waals surface area (Å²) < 4.78 is 30.7. The average Bonchev–Trinajstić information content (AvgIpc) is 2.99. The second-order valence-electron chi connectivity index (χ2n) is 7.46. The van der Waals surface area contributed by atoms with Gasteiger partial charge in [-0.3, -0.25) is 4.99 Å². The minimum absolute atomic E-state index is 0. The van der Waals surface area contributed by atoms with Crippen LogP contribution in [0.3, 0.4) is 0 Å². The van der Waals surface area contributed by atoms with Crippen LogP contribution >= 0.6 is 24.0 Å². The Kier molecular flexibility index (Phi) is 12.3. The van der Waals surface area contributed by atoms with Crippen LogP contribution in [0.15, 0.2) is 4.99 Å². The molecular weight excluding hydrogens is 497 g/mol. The van der Waals surface area contributed by atoms with E-state index >= 15 is 0 Å². The number of nitrogens with zero attached hydrogens (tertiary/aromatic N) is 2. The van der Waals surface area contributed by atoms with E-state index in [0.29, 0.717) is 26.1 Å². The van der Waals surface area contributed by atoms with E-state index in [0.717, 1.165) is 25.5 Å². The molecule has 3 N–H and O–H groups in total. The molecular formula is C17H36IN5O4S.